The minimum atomic E-state index is -2.06. The summed E-state index contributed by atoms with van der Waals surface area (Å²) in [6.07, 6.45) is 2.95. The molecule has 0 radical (unpaired) electrons. The number of carboxylic acid groups (broad SMARTS) is 1. The Kier molecular flexibility index (Phi) is 5.43. The van der Waals surface area contributed by atoms with Crippen LogP contribution in [-0.4, -0.2) is 23.7 Å². The maximum absolute atomic E-state index is 14.0. The molecular formula is C15H17FO4. The van der Waals surface area contributed by atoms with E-state index in [0.717, 1.165) is 6.07 Å². The van der Waals surface area contributed by atoms with Crippen molar-refractivity contribution in [3.8, 4) is 0 Å². The number of esters is 1. The summed E-state index contributed by atoms with van der Waals surface area (Å²) < 4.78 is 18.8. The first-order valence-electron chi connectivity index (χ1n) is 6.27. The van der Waals surface area contributed by atoms with Crippen molar-refractivity contribution in [1.82, 2.24) is 0 Å². The van der Waals surface area contributed by atoms with Crippen molar-refractivity contribution in [2.45, 2.75) is 25.7 Å². The van der Waals surface area contributed by atoms with E-state index in [1.807, 2.05) is 0 Å². The molecular weight excluding hydrogens is 263 g/mol. The highest BCUT2D eigenvalue weighted by Crippen LogP contribution is 2.33. The average molecular weight is 280 g/mol. The van der Waals surface area contributed by atoms with Gasteiger partial charge >= 0.3 is 11.9 Å². The lowest BCUT2D eigenvalue weighted by atomic mass is 9.77. The first-order valence-corrected chi connectivity index (χ1v) is 6.27. The molecule has 0 aliphatic heterocycles. The van der Waals surface area contributed by atoms with Gasteiger partial charge in [-0.1, -0.05) is 30.4 Å². The van der Waals surface area contributed by atoms with Gasteiger partial charge in [-0.2, -0.15) is 0 Å². The first-order chi connectivity index (χ1) is 9.50. The number of benzene rings is 1. The molecule has 0 saturated heterocycles. The average Bonchev–Trinajstić information content (AvgIpc) is 2.41. The Balaban J connectivity index is 3.48. The van der Waals surface area contributed by atoms with Crippen LogP contribution in [0.2, 0.25) is 0 Å². The number of carbonyl (C=O) groups is 2. The molecule has 1 unspecified atom stereocenters. The molecule has 0 fully saturated rings. The minimum Gasteiger partial charge on any atom is -0.480 e. The highest BCUT2D eigenvalue weighted by molar-refractivity contribution is 6.05. The van der Waals surface area contributed by atoms with Crippen LogP contribution in [0.3, 0.4) is 0 Å². The second-order valence-electron chi connectivity index (χ2n) is 4.18. The lowest BCUT2D eigenvalue weighted by molar-refractivity contribution is -0.161. The van der Waals surface area contributed by atoms with Crippen LogP contribution in [0, 0.1) is 5.82 Å². The predicted octanol–water partition coefficient (Wildman–Crippen LogP) is 2.68. The molecule has 20 heavy (non-hydrogen) atoms. The number of halogens is 1. The number of allylic oxidation sites excluding steroid dienone is 2. The van der Waals surface area contributed by atoms with E-state index in [1.54, 1.807) is 19.9 Å². The van der Waals surface area contributed by atoms with Gasteiger partial charge in [-0.05, 0) is 26.3 Å². The molecule has 0 bridgehead atoms. The standard InChI is InChI=1S/C15H17FO4/c1-3-5-10-15(13(17)18,14(19)20-4-2)11-8-6-7-9-12(11)16/h3,5-9H,4,10H2,1-2H3,(H,17,18)/b5-3+. The van der Waals surface area contributed by atoms with Crippen molar-refractivity contribution in [3.63, 3.8) is 0 Å². The van der Waals surface area contributed by atoms with Crippen LogP contribution >= 0.6 is 0 Å². The Morgan fingerprint density at radius 3 is 2.55 bits per heavy atom. The molecule has 108 valence electrons. The fourth-order valence-corrected chi connectivity index (χ4v) is 1.95. The van der Waals surface area contributed by atoms with Crippen molar-refractivity contribution in [2.24, 2.45) is 0 Å². The topological polar surface area (TPSA) is 63.6 Å². The molecule has 0 heterocycles. The van der Waals surface area contributed by atoms with Crippen molar-refractivity contribution < 1.29 is 23.8 Å². The van der Waals surface area contributed by atoms with Crippen LogP contribution in [-0.2, 0) is 19.7 Å². The summed E-state index contributed by atoms with van der Waals surface area (Å²) in [7, 11) is 0. The number of rotatable bonds is 6. The monoisotopic (exact) mass is 280 g/mol. The predicted molar refractivity (Wildman–Crippen MR) is 71.8 cm³/mol. The van der Waals surface area contributed by atoms with E-state index in [4.69, 9.17) is 4.74 Å². The number of hydrogen-bond acceptors (Lipinski definition) is 3. The van der Waals surface area contributed by atoms with Gasteiger partial charge in [0, 0.05) is 5.56 Å². The van der Waals surface area contributed by atoms with Gasteiger partial charge in [-0.3, -0.25) is 9.59 Å². The van der Waals surface area contributed by atoms with Gasteiger partial charge in [-0.25, -0.2) is 4.39 Å². The molecule has 0 spiro atoms. The smallest absolute Gasteiger partial charge is 0.328 e. The summed E-state index contributed by atoms with van der Waals surface area (Å²) in [5, 5.41) is 9.52. The Bertz CT molecular complexity index is 524. The normalized spacial score (nSPS) is 13.9. The van der Waals surface area contributed by atoms with Gasteiger partial charge in [0.2, 0.25) is 0 Å². The van der Waals surface area contributed by atoms with E-state index < -0.39 is 23.2 Å². The number of carbonyl (C=O) groups excluding carboxylic acids is 1. The third kappa shape index (κ3) is 2.87. The lowest BCUT2D eigenvalue weighted by Crippen LogP contribution is -2.45. The molecule has 4 nitrogen and oxygen atoms in total. The maximum Gasteiger partial charge on any atom is 0.328 e. The number of carboxylic acids is 1. The SMILES string of the molecule is C/C=C/CC(C(=O)O)(C(=O)OCC)c1ccccc1F. The molecule has 0 aliphatic carbocycles. The van der Waals surface area contributed by atoms with Crippen LogP contribution in [0.1, 0.15) is 25.8 Å². The molecule has 1 rings (SSSR count). The molecule has 1 atom stereocenters. The van der Waals surface area contributed by atoms with Crippen LogP contribution < -0.4 is 0 Å². The summed E-state index contributed by atoms with van der Waals surface area (Å²) in [5.74, 6) is -3.14. The van der Waals surface area contributed by atoms with E-state index in [0.29, 0.717) is 0 Å². The third-order valence-corrected chi connectivity index (χ3v) is 2.98. The molecule has 1 aromatic rings. The van der Waals surface area contributed by atoms with Crippen molar-refractivity contribution >= 4 is 11.9 Å². The van der Waals surface area contributed by atoms with Crippen molar-refractivity contribution in [2.75, 3.05) is 6.61 Å². The third-order valence-electron chi connectivity index (χ3n) is 2.98. The Hall–Kier alpha value is -2.17. The zero-order chi connectivity index (χ0) is 15.2. The van der Waals surface area contributed by atoms with Gasteiger partial charge in [0.1, 0.15) is 5.82 Å². The summed E-state index contributed by atoms with van der Waals surface area (Å²) >= 11 is 0. The molecule has 1 aromatic carbocycles. The van der Waals surface area contributed by atoms with Crippen molar-refractivity contribution in [3.05, 3.63) is 47.8 Å². The first kappa shape index (κ1) is 15.9. The van der Waals surface area contributed by atoms with Gasteiger partial charge in [0.05, 0.1) is 6.61 Å². The van der Waals surface area contributed by atoms with Crippen molar-refractivity contribution in [1.29, 1.82) is 0 Å². The lowest BCUT2D eigenvalue weighted by Gasteiger charge is -2.26. The summed E-state index contributed by atoms with van der Waals surface area (Å²) in [6, 6.07) is 5.35. The zero-order valence-electron chi connectivity index (χ0n) is 11.4. The zero-order valence-corrected chi connectivity index (χ0v) is 11.4. The summed E-state index contributed by atoms with van der Waals surface area (Å²) in [5.41, 5.74) is -2.25. The fraction of sp³-hybridized carbons (Fsp3) is 0.333. The highest BCUT2D eigenvalue weighted by Gasteiger charge is 2.50. The molecule has 0 saturated carbocycles. The fourth-order valence-electron chi connectivity index (χ4n) is 1.95. The summed E-state index contributed by atoms with van der Waals surface area (Å²) in [4.78, 5) is 23.9. The number of aliphatic carboxylic acids is 1. The van der Waals surface area contributed by atoms with E-state index in [2.05, 4.69) is 0 Å². The van der Waals surface area contributed by atoms with Gasteiger partial charge < -0.3 is 9.84 Å². The maximum atomic E-state index is 14.0. The van der Waals surface area contributed by atoms with Gasteiger partial charge in [0.25, 0.3) is 0 Å². The van der Waals surface area contributed by atoms with Crippen LogP contribution in [0.4, 0.5) is 4.39 Å². The molecule has 1 N–H and O–H groups in total. The summed E-state index contributed by atoms with van der Waals surface area (Å²) in [6.45, 7) is 3.29. The quantitative estimate of drug-likeness (QED) is 0.494. The molecule has 5 heteroatoms. The highest BCUT2D eigenvalue weighted by atomic mass is 19.1. The Labute approximate surface area is 116 Å². The van der Waals surface area contributed by atoms with E-state index in [1.165, 1.54) is 24.3 Å². The second-order valence-corrected chi connectivity index (χ2v) is 4.18. The second kappa shape index (κ2) is 6.84. The minimum absolute atomic E-state index is 0.0259. The van der Waals surface area contributed by atoms with E-state index >= 15 is 0 Å². The van der Waals surface area contributed by atoms with Crippen LogP contribution in [0.5, 0.6) is 0 Å². The Morgan fingerprint density at radius 2 is 2.05 bits per heavy atom. The van der Waals surface area contributed by atoms with E-state index in [-0.39, 0.29) is 18.6 Å². The Morgan fingerprint density at radius 1 is 1.40 bits per heavy atom. The van der Waals surface area contributed by atoms with Crippen LogP contribution in [0.15, 0.2) is 36.4 Å². The van der Waals surface area contributed by atoms with Crippen LogP contribution in [0.25, 0.3) is 0 Å². The van der Waals surface area contributed by atoms with E-state index in [9.17, 15) is 19.1 Å². The molecule has 0 aliphatic rings. The number of hydrogen-bond donors (Lipinski definition) is 1. The molecule has 0 amide bonds. The van der Waals surface area contributed by atoms with Gasteiger partial charge in [-0.15, -0.1) is 0 Å². The van der Waals surface area contributed by atoms with Gasteiger partial charge in [0.15, 0.2) is 5.41 Å². The molecule has 0 aromatic heterocycles. The number of ether oxygens (including phenoxy) is 1. The largest absolute Gasteiger partial charge is 0.480 e.